The van der Waals surface area contributed by atoms with Crippen LogP contribution >= 0.6 is 15.9 Å². The molecule has 0 aliphatic heterocycles. The van der Waals surface area contributed by atoms with Crippen molar-refractivity contribution in [3.05, 3.63) is 46.9 Å². The molecule has 0 heterocycles. The second-order valence-corrected chi connectivity index (χ2v) is 7.02. The van der Waals surface area contributed by atoms with E-state index in [9.17, 15) is 8.42 Å². The molecule has 0 radical (unpaired) electrons. The van der Waals surface area contributed by atoms with Gasteiger partial charge in [0.25, 0.3) is 0 Å². The monoisotopic (exact) mass is 340 g/mol. The van der Waals surface area contributed by atoms with Crippen molar-refractivity contribution < 1.29 is 8.42 Å². The van der Waals surface area contributed by atoms with Crippen LogP contribution in [0, 0.1) is 0 Å². The van der Waals surface area contributed by atoms with Gasteiger partial charge in [-0.25, -0.2) is 8.42 Å². The van der Waals surface area contributed by atoms with Crippen LogP contribution in [-0.2, 0) is 9.84 Å². The highest BCUT2D eigenvalue weighted by molar-refractivity contribution is 9.10. The fraction of sp³-hybridized carbons (Fsp3) is 0.0769. The lowest BCUT2D eigenvalue weighted by molar-refractivity contribution is 0.602. The van der Waals surface area contributed by atoms with E-state index >= 15 is 0 Å². The van der Waals surface area contributed by atoms with Gasteiger partial charge in [-0.3, -0.25) is 0 Å². The summed E-state index contributed by atoms with van der Waals surface area (Å²) >= 11 is 3.35. The average molecular weight is 341 g/mol. The Labute approximate surface area is 120 Å². The predicted octanol–water partition coefficient (Wildman–Crippen LogP) is 3.18. The fourth-order valence-corrected chi connectivity index (χ4v) is 2.76. The molecule has 0 bridgehead atoms. The number of sulfone groups is 1. The SMILES string of the molecule is CS(=O)(=O)c1cccc(Nc2ccc(Br)cc2)c1N. The van der Waals surface area contributed by atoms with Crippen LogP contribution in [0.3, 0.4) is 0 Å². The molecule has 0 fully saturated rings. The van der Waals surface area contributed by atoms with E-state index in [2.05, 4.69) is 21.2 Å². The van der Waals surface area contributed by atoms with Crippen molar-refractivity contribution in [1.82, 2.24) is 0 Å². The van der Waals surface area contributed by atoms with Crippen LogP contribution in [0.25, 0.3) is 0 Å². The number of nitrogens with one attached hydrogen (secondary N) is 1. The Hall–Kier alpha value is -1.53. The van der Waals surface area contributed by atoms with Gasteiger partial charge in [0.2, 0.25) is 0 Å². The molecule has 2 rings (SSSR count). The molecule has 0 saturated heterocycles. The van der Waals surface area contributed by atoms with Crippen LogP contribution in [-0.4, -0.2) is 14.7 Å². The molecule has 3 N–H and O–H groups in total. The van der Waals surface area contributed by atoms with Crippen molar-refractivity contribution in [1.29, 1.82) is 0 Å². The van der Waals surface area contributed by atoms with E-state index in [4.69, 9.17) is 5.73 Å². The minimum atomic E-state index is -3.33. The molecule has 0 saturated carbocycles. The van der Waals surface area contributed by atoms with Crippen LogP contribution in [0.5, 0.6) is 0 Å². The maximum absolute atomic E-state index is 11.6. The summed E-state index contributed by atoms with van der Waals surface area (Å²) in [6.45, 7) is 0. The van der Waals surface area contributed by atoms with Crippen molar-refractivity contribution in [3.8, 4) is 0 Å². The van der Waals surface area contributed by atoms with Crippen molar-refractivity contribution in [2.75, 3.05) is 17.3 Å². The van der Waals surface area contributed by atoms with Crippen molar-refractivity contribution in [2.24, 2.45) is 0 Å². The number of para-hydroxylation sites is 1. The van der Waals surface area contributed by atoms with Gasteiger partial charge in [0, 0.05) is 16.4 Å². The van der Waals surface area contributed by atoms with Gasteiger partial charge in [-0.05, 0) is 36.4 Å². The summed E-state index contributed by atoms with van der Waals surface area (Å²) in [4.78, 5) is 0.134. The summed E-state index contributed by atoms with van der Waals surface area (Å²) in [6, 6.07) is 12.4. The fourth-order valence-electron chi connectivity index (χ4n) is 1.67. The quantitative estimate of drug-likeness (QED) is 0.841. The number of hydrogen-bond acceptors (Lipinski definition) is 4. The Bertz CT molecular complexity index is 697. The largest absolute Gasteiger partial charge is 0.396 e. The minimum absolute atomic E-state index is 0.134. The van der Waals surface area contributed by atoms with Gasteiger partial charge < -0.3 is 11.1 Å². The number of anilines is 3. The van der Waals surface area contributed by atoms with Gasteiger partial charge in [0.1, 0.15) is 0 Å². The number of rotatable bonds is 3. The Morgan fingerprint density at radius 2 is 1.74 bits per heavy atom. The smallest absolute Gasteiger partial charge is 0.177 e. The zero-order valence-corrected chi connectivity index (χ0v) is 12.6. The third-order valence-electron chi connectivity index (χ3n) is 2.59. The maximum atomic E-state index is 11.6. The number of nitrogen functional groups attached to an aromatic ring is 1. The highest BCUT2D eigenvalue weighted by atomic mass is 79.9. The number of nitrogens with two attached hydrogens (primary N) is 1. The number of benzene rings is 2. The first kappa shape index (κ1) is 13.9. The standard InChI is InChI=1S/C13H13BrN2O2S/c1-19(17,18)12-4-2-3-11(13(12)15)16-10-7-5-9(14)6-8-10/h2-8,16H,15H2,1H3. The molecular formula is C13H13BrN2O2S. The molecule has 4 nitrogen and oxygen atoms in total. The van der Waals surface area contributed by atoms with Crippen molar-refractivity contribution >= 4 is 42.8 Å². The molecule has 0 spiro atoms. The van der Waals surface area contributed by atoms with Gasteiger partial charge in [-0.15, -0.1) is 0 Å². The lowest BCUT2D eigenvalue weighted by Crippen LogP contribution is -2.05. The average Bonchev–Trinajstić information content (AvgIpc) is 2.33. The molecule has 0 unspecified atom stereocenters. The van der Waals surface area contributed by atoms with E-state index in [1.54, 1.807) is 12.1 Å². The molecule has 0 atom stereocenters. The van der Waals surface area contributed by atoms with Crippen LogP contribution < -0.4 is 11.1 Å². The summed E-state index contributed by atoms with van der Waals surface area (Å²) in [7, 11) is -3.33. The highest BCUT2D eigenvalue weighted by Gasteiger charge is 2.13. The molecule has 2 aromatic rings. The Morgan fingerprint density at radius 3 is 2.32 bits per heavy atom. The minimum Gasteiger partial charge on any atom is -0.396 e. The summed E-state index contributed by atoms with van der Waals surface area (Å²) in [5.74, 6) is 0. The number of hydrogen-bond donors (Lipinski definition) is 2. The second-order valence-electron chi connectivity index (χ2n) is 4.12. The van der Waals surface area contributed by atoms with Crippen LogP contribution in [0.15, 0.2) is 51.8 Å². The Morgan fingerprint density at radius 1 is 1.11 bits per heavy atom. The van der Waals surface area contributed by atoms with Crippen LogP contribution in [0.2, 0.25) is 0 Å². The van der Waals surface area contributed by atoms with Gasteiger partial charge in [0.15, 0.2) is 9.84 Å². The summed E-state index contributed by atoms with van der Waals surface area (Å²) in [5, 5.41) is 3.10. The third kappa shape index (κ3) is 3.27. The lowest BCUT2D eigenvalue weighted by Gasteiger charge is -2.12. The van der Waals surface area contributed by atoms with Gasteiger partial charge in [-0.2, -0.15) is 0 Å². The third-order valence-corrected chi connectivity index (χ3v) is 4.27. The van der Waals surface area contributed by atoms with Crippen LogP contribution in [0.1, 0.15) is 0 Å². The molecule has 0 amide bonds. The molecule has 100 valence electrons. The van der Waals surface area contributed by atoms with E-state index in [-0.39, 0.29) is 10.6 Å². The molecule has 6 heteroatoms. The lowest BCUT2D eigenvalue weighted by atomic mass is 10.2. The molecule has 0 aliphatic carbocycles. The Kier molecular flexibility index (Phi) is 3.82. The van der Waals surface area contributed by atoms with E-state index in [0.29, 0.717) is 5.69 Å². The van der Waals surface area contributed by atoms with Gasteiger partial charge >= 0.3 is 0 Å². The summed E-state index contributed by atoms with van der Waals surface area (Å²) < 4.78 is 24.1. The summed E-state index contributed by atoms with van der Waals surface area (Å²) in [6.07, 6.45) is 1.14. The normalized spacial score (nSPS) is 11.3. The Balaban J connectivity index is 2.39. The van der Waals surface area contributed by atoms with E-state index in [0.717, 1.165) is 16.4 Å². The molecule has 0 aromatic heterocycles. The predicted molar refractivity (Wildman–Crippen MR) is 81.4 cm³/mol. The number of halogens is 1. The highest BCUT2D eigenvalue weighted by Crippen LogP contribution is 2.29. The maximum Gasteiger partial charge on any atom is 0.177 e. The first-order chi connectivity index (χ1) is 8.88. The van der Waals surface area contributed by atoms with Crippen molar-refractivity contribution in [3.63, 3.8) is 0 Å². The van der Waals surface area contributed by atoms with E-state index in [1.807, 2.05) is 24.3 Å². The molecule has 0 aliphatic rings. The summed E-state index contributed by atoms with van der Waals surface area (Å²) in [5.41, 5.74) is 7.53. The zero-order valence-electron chi connectivity index (χ0n) is 10.2. The first-order valence-electron chi connectivity index (χ1n) is 5.49. The van der Waals surface area contributed by atoms with E-state index < -0.39 is 9.84 Å². The van der Waals surface area contributed by atoms with Crippen molar-refractivity contribution in [2.45, 2.75) is 4.90 Å². The van der Waals surface area contributed by atoms with Gasteiger partial charge in [0.05, 0.1) is 16.3 Å². The molecule has 19 heavy (non-hydrogen) atoms. The second kappa shape index (κ2) is 5.22. The van der Waals surface area contributed by atoms with E-state index in [1.165, 1.54) is 6.07 Å². The zero-order chi connectivity index (χ0) is 14.0. The molecular weight excluding hydrogens is 328 g/mol. The molecule has 2 aromatic carbocycles. The first-order valence-corrected chi connectivity index (χ1v) is 8.17. The van der Waals surface area contributed by atoms with Crippen LogP contribution in [0.4, 0.5) is 17.1 Å². The topological polar surface area (TPSA) is 72.2 Å². The van der Waals surface area contributed by atoms with Gasteiger partial charge in [-0.1, -0.05) is 22.0 Å².